The quantitative estimate of drug-likeness (QED) is 0.286. The normalized spacial score (nSPS) is 17.6. The summed E-state index contributed by atoms with van der Waals surface area (Å²) in [4.78, 5) is 20.9. The minimum Gasteiger partial charge on any atom is -0.379 e. The van der Waals surface area contributed by atoms with Gasteiger partial charge in [0.2, 0.25) is 0 Å². The van der Waals surface area contributed by atoms with Crippen LogP contribution in [0.4, 0.5) is 0 Å². The van der Waals surface area contributed by atoms with Crippen molar-refractivity contribution in [2.45, 2.75) is 25.5 Å². The van der Waals surface area contributed by atoms with Crippen molar-refractivity contribution in [2.75, 3.05) is 6.61 Å². The molecule has 1 aliphatic rings. The van der Waals surface area contributed by atoms with Gasteiger partial charge in [-0.05, 0) is 49.6 Å². The SMILES string of the molecule is N/C(=N\OC(=O)c1ccncc1)c1nn(C2CCCCO2)c2ccc(Br)cc12. The van der Waals surface area contributed by atoms with Crippen molar-refractivity contribution in [1.82, 2.24) is 14.8 Å². The molecular weight excluding hydrogens is 426 g/mol. The summed E-state index contributed by atoms with van der Waals surface area (Å²) in [5.41, 5.74) is 7.76. The molecule has 9 heteroatoms. The number of benzene rings is 1. The molecule has 28 heavy (non-hydrogen) atoms. The first kappa shape index (κ1) is 18.6. The minimum atomic E-state index is -0.620. The van der Waals surface area contributed by atoms with E-state index in [0.29, 0.717) is 17.9 Å². The lowest BCUT2D eigenvalue weighted by Crippen LogP contribution is -2.21. The zero-order chi connectivity index (χ0) is 19.5. The molecule has 8 nitrogen and oxygen atoms in total. The first-order valence-corrected chi connectivity index (χ1v) is 9.67. The summed E-state index contributed by atoms with van der Waals surface area (Å²) in [6.07, 6.45) is 5.84. The van der Waals surface area contributed by atoms with E-state index in [1.807, 2.05) is 22.9 Å². The lowest BCUT2D eigenvalue weighted by atomic mass is 10.1. The number of carbonyl (C=O) groups is 1. The number of aromatic nitrogens is 3. The van der Waals surface area contributed by atoms with Crippen LogP contribution in [0.1, 0.15) is 41.5 Å². The van der Waals surface area contributed by atoms with Crippen LogP contribution in [0, 0.1) is 0 Å². The van der Waals surface area contributed by atoms with Gasteiger partial charge in [-0.2, -0.15) is 5.10 Å². The molecule has 3 aromatic rings. The zero-order valence-electron chi connectivity index (χ0n) is 14.9. The Balaban J connectivity index is 1.67. The van der Waals surface area contributed by atoms with Gasteiger partial charge in [-0.1, -0.05) is 21.1 Å². The van der Waals surface area contributed by atoms with Crippen LogP contribution < -0.4 is 5.73 Å². The first-order valence-electron chi connectivity index (χ1n) is 8.88. The third-order valence-electron chi connectivity index (χ3n) is 4.48. The summed E-state index contributed by atoms with van der Waals surface area (Å²) in [7, 11) is 0. The van der Waals surface area contributed by atoms with Crippen molar-refractivity contribution in [3.05, 3.63) is 58.5 Å². The average molecular weight is 444 g/mol. The van der Waals surface area contributed by atoms with Crippen LogP contribution in [0.5, 0.6) is 0 Å². The monoisotopic (exact) mass is 443 g/mol. The third kappa shape index (κ3) is 3.76. The van der Waals surface area contributed by atoms with Crippen LogP contribution in [-0.2, 0) is 9.57 Å². The fourth-order valence-electron chi connectivity index (χ4n) is 3.11. The van der Waals surface area contributed by atoms with Gasteiger partial charge in [0.05, 0.1) is 11.1 Å². The maximum absolute atomic E-state index is 12.1. The molecule has 0 aliphatic carbocycles. The van der Waals surface area contributed by atoms with Gasteiger partial charge < -0.3 is 15.3 Å². The fourth-order valence-corrected chi connectivity index (χ4v) is 3.47. The third-order valence-corrected chi connectivity index (χ3v) is 4.98. The van der Waals surface area contributed by atoms with Crippen molar-refractivity contribution >= 4 is 38.6 Å². The lowest BCUT2D eigenvalue weighted by Gasteiger charge is -2.23. The molecule has 2 aromatic heterocycles. The second kappa shape index (κ2) is 8.07. The van der Waals surface area contributed by atoms with Gasteiger partial charge in [0.15, 0.2) is 12.1 Å². The number of oxime groups is 1. The number of amidine groups is 1. The molecule has 0 amide bonds. The molecule has 0 spiro atoms. The number of carbonyl (C=O) groups excluding carboxylic acids is 1. The van der Waals surface area contributed by atoms with Crippen molar-refractivity contribution in [3.63, 3.8) is 0 Å². The Labute approximate surface area is 169 Å². The number of rotatable bonds is 4. The number of ether oxygens (including phenoxy) is 1. The van der Waals surface area contributed by atoms with Crippen LogP contribution >= 0.6 is 15.9 Å². The molecule has 0 bridgehead atoms. The standard InChI is InChI=1S/C19H18BrN5O3/c20-13-4-5-15-14(11-13)17(23-25(15)16-3-1-2-10-27-16)18(21)24-28-19(26)12-6-8-22-9-7-12/h4-9,11,16H,1-3,10H2,(H2,21,24). The summed E-state index contributed by atoms with van der Waals surface area (Å²) in [6, 6.07) is 8.86. The maximum Gasteiger partial charge on any atom is 0.365 e. The minimum absolute atomic E-state index is 0.0139. The van der Waals surface area contributed by atoms with Crippen LogP contribution in [0.3, 0.4) is 0 Å². The first-order chi connectivity index (χ1) is 13.6. The van der Waals surface area contributed by atoms with Crippen molar-refractivity contribution in [2.24, 2.45) is 10.9 Å². The Hall–Kier alpha value is -2.78. The Bertz CT molecular complexity index is 1030. The van der Waals surface area contributed by atoms with E-state index >= 15 is 0 Å². The lowest BCUT2D eigenvalue weighted by molar-refractivity contribution is -0.0367. The Kier molecular flexibility index (Phi) is 5.36. The molecule has 3 heterocycles. The summed E-state index contributed by atoms with van der Waals surface area (Å²) in [6.45, 7) is 0.699. The van der Waals surface area contributed by atoms with E-state index in [2.05, 4.69) is 31.2 Å². The highest BCUT2D eigenvalue weighted by Gasteiger charge is 2.22. The molecule has 1 aliphatic heterocycles. The van der Waals surface area contributed by atoms with Gasteiger partial charge in [0, 0.05) is 28.9 Å². The summed E-state index contributed by atoms with van der Waals surface area (Å²) < 4.78 is 8.57. The van der Waals surface area contributed by atoms with E-state index in [1.165, 1.54) is 24.5 Å². The predicted octanol–water partition coefficient (Wildman–Crippen LogP) is 3.37. The van der Waals surface area contributed by atoms with Crippen LogP contribution in [0.2, 0.25) is 0 Å². The average Bonchev–Trinajstić information content (AvgIpc) is 3.11. The van der Waals surface area contributed by atoms with E-state index in [9.17, 15) is 4.79 Å². The molecule has 1 atom stereocenters. The van der Waals surface area contributed by atoms with Crippen molar-refractivity contribution in [1.29, 1.82) is 0 Å². The summed E-state index contributed by atoms with van der Waals surface area (Å²) in [5.74, 6) is -0.606. The number of hydrogen-bond donors (Lipinski definition) is 1. The second-order valence-corrected chi connectivity index (χ2v) is 7.28. The smallest absolute Gasteiger partial charge is 0.365 e. The highest BCUT2D eigenvalue weighted by molar-refractivity contribution is 9.10. The highest BCUT2D eigenvalue weighted by atomic mass is 79.9. The molecule has 1 saturated heterocycles. The van der Waals surface area contributed by atoms with Gasteiger partial charge in [-0.15, -0.1) is 0 Å². The highest BCUT2D eigenvalue weighted by Crippen LogP contribution is 2.29. The Morgan fingerprint density at radius 2 is 2.11 bits per heavy atom. The van der Waals surface area contributed by atoms with Gasteiger partial charge in [-0.3, -0.25) is 4.98 Å². The largest absolute Gasteiger partial charge is 0.379 e. The van der Waals surface area contributed by atoms with Crippen molar-refractivity contribution < 1.29 is 14.4 Å². The van der Waals surface area contributed by atoms with E-state index in [1.54, 1.807) is 0 Å². The van der Waals surface area contributed by atoms with E-state index in [4.69, 9.17) is 15.3 Å². The number of pyridine rings is 1. The Morgan fingerprint density at radius 3 is 2.86 bits per heavy atom. The molecule has 4 rings (SSSR count). The summed E-state index contributed by atoms with van der Waals surface area (Å²) in [5, 5.41) is 9.22. The number of hydrogen-bond acceptors (Lipinski definition) is 6. The predicted molar refractivity (Wildman–Crippen MR) is 107 cm³/mol. The molecule has 1 aromatic carbocycles. The van der Waals surface area contributed by atoms with Gasteiger partial charge in [0.1, 0.15) is 5.69 Å². The molecule has 0 radical (unpaired) electrons. The maximum atomic E-state index is 12.1. The number of nitrogens with two attached hydrogens (primary N) is 1. The number of nitrogens with zero attached hydrogens (tertiary/aromatic N) is 4. The van der Waals surface area contributed by atoms with Crippen LogP contribution in [-0.4, -0.2) is 33.2 Å². The molecule has 1 fully saturated rings. The van der Waals surface area contributed by atoms with Gasteiger partial charge >= 0.3 is 5.97 Å². The van der Waals surface area contributed by atoms with E-state index < -0.39 is 5.97 Å². The second-order valence-electron chi connectivity index (χ2n) is 6.37. The molecule has 2 N–H and O–H groups in total. The van der Waals surface area contributed by atoms with Crippen LogP contribution in [0.25, 0.3) is 10.9 Å². The number of fused-ring (bicyclic) bond motifs is 1. The Morgan fingerprint density at radius 1 is 1.29 bits per heavy atom. The zero-order valence-corrected chi connectivity index (χ0v) is 16.5. The molecule has 144 valence electrons. The van der Waals surface area contributed by atoms with E-state index in [-0.39, 0.29) is 12.1 Å². The van der Waals surface area contributed by atoms with Gasteiger partial charge in [0.25, 0.3) is 0 Å². The van der Waals surface area contributed by atoms with Crippen LogP contribution in [0.15, 0.2) is 52.4 Å². The molecule has 1 unspecified atom stereocenters. The molecular formula is C19H18BrN5O3. The van der Waals surface area contributed by atoms with Crippen molar-refractivity contribution in [3.8, 4) is 0 Å². The topological polar surface area (TPSA) is 105 Å². The molecule has 0 saturated carbocycles. The fraction of sp³-hybridized carbons (Fsp3) is 0.263. The van der Waals surface area contributed by atoms with Gasteiger partial charge in [-0.25, -0.2) is 9.48 Å². The number of halogens is 1. The van der Waals surface area contributed by atoms with E-state index in [0.717, 1.165) is 34.6 Å². The summed E-state index contributed by atoms with van der Waals surface area (Å²) >= 11 is 3.47.